The third-order valence-electron chi connectivity index (χ3n) is 3.08. The molecule has 0 saturated heterocycles. The number of aromatic nitrogens is 1. The number of carbonyl (C=O) groups is 1. The number of hydrogen-bond donors (Lipinski definition) is 2. The minimum absolute atomic E-state index is 0.0292. The third-order valence-corrected chi connectivity index (χ3v) is 4.28. The molecule has 1 aromatic heterocycles. The van der Waals surface area contributed by atoms with Crippen LogP contribution in [0.3, 0.4) is 0 Å². The molecule has 0 bridgehead atoms. The number of anilines is 1. The Morgan fingerprint density at radius 1 is 1.30 bits per heavy atom. The van der Waals surface area contributed by atoms with Gasteiger partial charge in [-0.2, -0.15) is 26.3 Å². The van der Waals surface area contributed by atoms with Crippen molar-refractivity contribution in [2.45, 2.75) is 25.3 Å². The van der Waals surface area contributed by atoms with Crippen LogP contribution in [0.5, 0.6) is 5.75 Å². The van der Waals surface area contributed by atoms with Crippen molar-refractivity contribution in [3.63, 3.8) is 0 Å². The minimum Gasteiger partial charge on any atom is -0.482 e. The van der Waals surface area contributed by atoms with Crippen molar-refractivity contribution >= 4 is 22.9 Å². The second-order valence-corrected chi connectivity index (χ2v) is 6.48. The molecular formula is C15H13F6N3O2S. The number of nitrogens with one attached hydrogen (secondary N) is 1. The lowest BCUT2D eigenvalue weighted by atomic mass is 10.1. The van der Waals surface area contributed by atoms with E-state index in [1.165, 1.54) is 6.20 Å². The van der Waals surface area contributed by atoms with E-state index < -0.39 is 47.9 Å². The van der Waals surface area contributed by atoms with E-state index in [9.17, 15) is 31.1 Å². The maximum Gasteiger partial charge on any atom is 0.422 e. The highest BCUT2D eigenvalue weighted by Gasteiger charge is 2.33. The average Bonchev–Trinajstić information content (AvgIpc) is 3.02. The zero-order chi connectivity index (χ0) is 20.4. The largest absolute Gasteiger partial charge is 0.482 e. The first-order valence-corrected chi connectivity index (χ1v) is 8.12. The number of halogens is 6. The van der Waals surface area contributed by atoms with Crippen molar-refractivity contribution in [3.8, 4) is 5.75 Å². The number of carbonyl (C=O) groups excluding carboxylic acids is 1. The molecule has 27 heavy (non-hydrogen) atoms. The summed E-state index contributed by atoms with van der Waals surface area (Å²) in [6.07, 6.45) is -8.29. The number of thiazole rings is 1. The molecule has 2 aromatic rings. The van der Waals surface area contributed by atoms with Crippen LogP contribution in [0.4, 0.5) is 32.0 Å². The van der Waals surface area contributed by atoms with Crippen molar-refractivity contribution in [1.82, 2.24) is 4.98 Å². The number of nitrogens with zero attached hydrogens (tertiary/aromatic N) is 1. The molecule has 0 radical (unpaired) electrons. The highest BCUT2D eigenvalue weighted by molar-refractivity contribution is 7.13. The molecule has 1 atom stereocenters. The van der Waals surface area contributed by atoms with Gasteiger partial charge >= 0.3 is 12.4 Å². The Bertz CT molecular complexity index is 817. The molecule has 0 spiro atoms. The van der Waals surface area contributed by atoms with E-state index >= 15 is 0 Å². The number of hydrogen-bond acceptors (Lipinski definition) is 5. The van der Waals surface area contributed by atoms with Gasteiger partial charge < -0.3 is 15.8 Å². The van der Waals surface area contributed by atoms with E-state index in [1.54, 1.807) is 6.92 Å². The standard InChI is InChI=1S/C15H13F6N3O2S/c1-7(22)13-23-5-11(27-13)12(25)24-9-4-8(15(19,20)21)2-3-10(9)26-6-14(16,17)18/h2-5,7H,6,22H2,1H3,(H,24,25). The van der Waals surface area contributed by atoms with Gasteiger partial charge in [0.1, 0.15) is 15.6 Å². The van der Waals surface area contributed by atoms with Crippen LogP contribution in [0, 0.1) is 0 Å². The predicted octanol–water partition coefficient (Wildman–Crippen LogP) is 4.38. The van der Waals surface area contributed by atoms with E-state index in [1.807, 2.05) is 0 Å². The first kappa shape index (κ1) is 21.0. The number of amides is 1. The molecule has 0 aliphatic carbocycles. The average molecular weight is 413 g/mol. The second-order valence-electron chi connectivity index (χ2n) is 5.42. The van der Waals surface area contributed by atoms with Crippen molar-refractivity contribution in [3.05, 3.63) is 39.8 Å². The first-order chi connectivity index (χ1) is 12.4. The summed E-state index contributed by atoms with van der Waals surface area (Å²) < 4.78 is 80.1. The number of nitrogens with two attached hydrogens (primary N) is 1. The molecule has 3 N–H and O–H groups in total. The molecule has 0 fully saturated rings. The lowest BCUT2D eigenvalue weighted by Crippen LogP contribution is -2.20. The maximum absolute atomic E-state index is 12.9. The number of alkyl halides is 6. The Hall–Kier alpha value is -2.34. The number of ether oxygens (including phenoxy) is 1. The van der Waals surface area contributed by atoms with E-state index in [2.05, 4.69) is 15.0 Å². The zero-order valence-corrected chi connectivity index (χ0v) is 14.4. The Kier molecular flexibility index (Phi) is 6.00. The van der Waals surface area contributed by atoms with Gasteiger partial charge in [-0.25, -0.2) is 4.98 Å². The zero-order valence-electron chi connectivity index (χ0n) is 13.6. The molecule has 0 aliphatic heterocycles. The molecule has 2 rings (SSSR count). The molecule has 1 unspecified atom stereocenters. The Morgan fingerprint density at radius 3 is 2.48 bits per heavy atom. The van der Waals surface area contributed by atoms with Gasteiger partial charge in [-0.3, -0.25) is 4.79 Å². The first-order valence-electron chi connectivity index (χ1n) is 7.30. The molecule has 0 aliphatic rings. The summed E-state index contributed by atoms with van der Waals surface area (Å²) in [5, 5.41) is 2.54. The highest BCUT2D eigenvalue weighted by atomic mass is 32.1. The highest BCUT2D eigenvalue weighted by Crippen LogP contribution is 2.36. The van der Waals surface area contributed by atoms with Gasteiger partial charge in [0.15, 0.2) is 6.61 Å². The molecule has 1 aromatic carbocycles. The van der Waals surface area contributed by atoms with Gasteiger partial charge in [0, 0.05) is 0 Å². The van der Waals surface area contributed by atoms with Gasteiger partial charge in [0.05, 0.1) is 23.5 Å². The van der Waals surface area contributed by atoms with Crippen molar-refractivity contribution < 1.29 is 35.9 Å². The van der Waals surface area contributed by atoms with Crippen LogP contribution >= 0.6 is 11.3 Å². The Labute approximate surface area is 153 Å². The molecule has 1 heterocycles. The van der Waals surface area contributed by atoms with Gasteiger partial charge in [0.25, 0.3) is 5.91 Å². The predicted molar refractivity (Wildman–Crippen MR) is 85.7 cm³/mol. The van der Waals surface area contributed by atoms with Crippen LogP contribution in [0.15, 0.2) is 24.4 Å². The van der Waals surface area contributed by atoms with E-state index in [0.29, 0.717) is 23.2 Å². The molecule has 12 heteroatoms. The lowest BCUT2D eigenvalue weighted by Gasteiger charge is -2.16. The minimum atomic E-state index is -4.76. The second kappa shape index (κ2) is 7.72. The smallest absolute Gasteiger partial charge is 0.422 e. The number of rotatable bonds is 5. The summed E-state index contributed by atoms with van der Waals surface area (Å²) in [6, 6.07) is 1.31. The fourth-order valence-electron chi connectivity index (χ4n) is 1.88. The van der Waals surface area contributed by atoms with E-state index in [0.717, 1.165) is 11.3 Å². The molecular weight excluding hydrogens is 400 g/mol. The van der Waals surface area contributed by atoms with Crippen LogP contribution in [-0.4, -0.2) is 23.7 Å². The van der Waals surface area contributed by atoms with Crippen LogP contribution in [0.25, 0.3) is 0 Å². The summed E-state index contributed by atoms with van der Waals surface area (Å²) >= 11 is 0.910. The van der Waals surface area contributed by atoms with Gasteiger partial charge in [-0.1, -0.05) is 0 Å². The van der Waals surface area contributed by atoms with Gasteiger partial charge in [-0.15, -0.1) is 11.3 Å². The lowest BCUT2D eigenvalue weighted by molar-refractivity contribution is -0.153. The van der Waals surface area contributed by atoms with Crippen LogP contribution in [0.1, 0.15) is 33.2 Å². The molecule has 148 valence electrons. The molecule has 1 amide bonds. The fourth-order valence-corrected chi connectivity index (χ4v) is 2.64. The van der Waals surface area contributed by atoms with Crippen molar-refractivity contribution in [2.75, 3.05) is 11.9 Å². The SMILES string of the molecule is CC(N)c1ncc(C(=O)Nc2cc(C(F)(F)F)ccc2OCC(F)(F)F)s1. The van der Waals surface area contributed by atoms with Crippen LogP contribution < -0.4 is 15.8 Å². The third kappa shape index (κ3) is 5.82. The van der Waals surface area contributed by atoms with Crippen LogP contribution in [-0.2, 0) is 6.18 Å². The van der Waals surface area contributed by atoms with E-state index in [-0.39, 0.29) is 4.88 Å². The summed E-state index contributed by atoms with van der Waals surface area (Å²) in [4.78, 5) is 16.2. The fraction of sp³-hybridized carbons (Fsp3) is 0.333. The molecule has 5 nitrogen and oxygen atoms in total. The quantitative estimate of drug-likeness (QED) is 0.714. The summed E-state index contributed by atoms with van der Waals surface area (Å²) in [6.45, 7) is -0.104. The monoisotopic (exact) mass is 413 g/mol. The van der Waals surface area contributed by atoms with Crippen molar-refractivity contribution in [2.24, 2.45) is 5.73 Å². The topological polar surface area (TPSA) is 77.2 Å². The van der Waals surface area contributed by atoms with Crippen molar-refractivity contribution in [1.29, 1.82) is 0 Å². The Morgan fingerprint density at radius 2 is 1.96 bits per heavy atom. The Balaban J connectivity index is 2.31. The summed E-state index contributed by atoms with van der Waals surface area (Å²) in [5.41, 5.74) is 3.92. The number of benzene rings is 1. The van der Waals surface area contributed by atoms with Gasteiger partial charge in [0.2, 0.25) is 0 Å². The van der Waals surface area contributed by atoms with Gasteiger partial charge in [-0.05, 0) is 25.1 Å². The van der Waals surface area contributed by atoms with E-state index in [4.69, 9.17) is 5.73 Å². The summed E-state index contributed by atoms with van der Waals surface area (Å²) in [5.74, 6) is -1.40. The maximum atomic E-state index is 12.9. The normalized spacial score (nSPS) is 13.3. The van der Waals surface area contributed by atoms with Crippen LogP contribution in [0.2, 0.25) is 0 Å². The molecule has 0 saturated carbocycles. The summed E-state index contributed by atoms with van der Waals surface area (Å²) in [7, 11) is 0.